The van der Waals surface area contributed by atoms with Crippen LogP contribution in [0, 0.1) is 0 Å². The van der Waals surface area contributed by atoms with Crippen LogP contribution in [0.4, 0.5) is 5.82 Å². The van der Waals surface area contributed by atoms with E-state index < -0.39 is 0 Å². The summed E-state index contributed by atoms with van der Waals surface area (Å²) < 4.78 is 3.28. The maximum absolute atomic E-state index is 4.88. The molecule has 1 saturated heterocycles. The highest BCUT2D eigenvalue weighted by molar-refractivity contribution is 7.21. The highest BCUT2D eigenvalue weighted by atomic mass is 32.1. The summed E-state index contributed by atoms with van der Waals surface area (Å²) in [5.41, 5.74) is 4.53. The second-order valence-electron chi connectivity index (χ2n) is 7.06. The van der Waals surface area contributed by atoms with Gasteiger partial charge in [-0.25, -0.2) is 14.5 Å². The third-order valence-electron chi connectivity index (χ3n) is 5.09. The van der Waals surface area contributed by atoms with Crippen molar-refractivity contribution in [2.24, 2.45) is 7.05 Å². The number of benzene rings is 1. The van der Waals surface area contributed by atoms with Crippen LogP contribution in [0.1, 0.15) is 12.8 Å². The molecule has 0 radical (unpaired) electrons. The summed E-state index contributed by atoms with van der Waals surface area (Å²) >= 11 is 1.73. The lowest BCUT2D eigenvalue weighted by atomic mass is 10.1. The average molecular weight is 374 g/mol. The van der Waals surface area contributed by atoms with E-state index in [1.807, 2.05) is 19.4 Å². The van der Waals surface area contributed by atoms with E-state index >= 15 is 0 Å². The molecule has 0 aliphatic carbocycles. The van der Waals surface area contributed by atoms with Crippen LogP contribution < -0.4 is 9.47 Å². The van der Waals surface area contributed by atoms with Gasteiger partial charge < -0.3 is 4.90 Å². The molecule has 0 unspecified atom stereocenters. The van der Waals surface area contributed by atoms with Crippen molar-refractivity contribution >= 4 is 27.4 Å². The summed E-state index contributed by atoms with van der Waals surface area (Å²) in [5, 5.41) is 1.03. The summed E-state index contributed by atoms with van der Waals surface area (Å²) in [4.78, 5) is 11.9. The SMILES string of the molecule is C[n+]1cccc(-c2ccc3sc(-c4ccc(N5CCCC5)nc4)nc3c2)c1. The first kappa shape index (κ1) is 16.4. The van der Waals surface area contributed by atoms with Crippen LogP contribution in [0.2, 0.25) is 0 Å². The minimum Gasteiger partial charge on any atom is -0.357 e. The predicted molar refractivity (Wildman–Crippen MR) is 111 cm³/mol. The molecule has 3 aromatic heterocycles. The molecule has 134 valence electrons. The van der Waals surface area contributed by atoms with Crippen molar-refractivity contribution in [1.29, 1.82) is 0 Å². The maximum atomic E-state index is 4.88. The van der Waals surface area contributed by atoms with Crippen molar-refractivity contribution in [2.45, 2.75) is 12.8 Å². The van der Waals surface area contributed by atoms with Gasteiger partial charge in [0.15, 0.2) is 12.4 Å². The smallest absolute Gasteiger partial charge is 0.176 e. The molecule has 27 heavy (non-hydrogen) atoms. The van der Waals surface area contributed by atoms with E-state index in [0.717, 1.165) is 35.0 Å². The average Bonchev–Trinajstić information content (AvgIpc) is 3.37. The zero-order valence-electron chi connectivity index (χ0n) is 15.3. The number of anilines is 1. The van der Waals surface area contributed by atoms with E-state index in [4.69, 9.17) is 4.98 Å². The topological polar surface area (TPSA) is 32.9 Å². The number of hydrogen-bond acceptors (Lipinski definition) is 4. The zero-order chi connectivity index (χ0) is 18.2. The minimum atomic E-state index is 1.03. The van der Waals surface area contributed by atoms with E-state index in [2.05, 4.69) is 63.1 Å². The van der Waals surface area contributed by atoms with Crippen LogP contribution in [0.25, 0.3) is 31.9 Å². The zero-order valence-corrected chi connectivity index (χ0v) is 16.1. The first-order chi connectivity index (χ1) is 13.3. The molecule has 0 amide bonds. The molecule has 1 fully saturated rings. The van der Waals surface area contributed by atoms with Gasteiger partial charge in [-0.1, -0.05) is 6.07 Å². The summed E-state index contributed by atoms with van der Waals surface area (Å²) in [5.74, 6) is 1.08. The molecule has 0 saturated carbocycles. The first-order valence-electron chi connectivity index (χ1n) is 9.34. The molecule has 0 atom stereocenters. The van der Waals surface area contributed by atoms with Gasteiger partial charge in [-0.2, -0.15) is 0 Å². The van der Waals surface area contributed by atoms with Crippen LogP contribution in [0.3, 0.4) is 0 Å². The summed E-state index contributed by atoms with van der Waals surface area (Å²) in [6.45, 7) is 2.24. The molecular weight excluding hydrogens is 352 g/mol. The molecule has 5 heteroatoms. The number of pyridine rings is 2. The molecular formula is C22H21N4S+. The Bertz CT molecular complexity index is 1090. The largest absolute Gasteiger partial charge is 0.357 e. The number of thiazole rings is 1. The summed E-state index contributed by atoms with van der Waals surface area (Å²) in [6.07, 6.45) is 8.67. The highest BCUT2D eigenvalue weighted by Gasteiger charge is 2.14. The van der Waals surface area contributed by atoms with Gasteiger partial charge in [0.2, 0.25) is 0 Å². The van der Waals surface area contributed by atoms with Crippen molar-refractivity contribution in [1.82, 2.24) is 9.97 Å². The lowest BCUT2D eigenvalue weighted by Gasteiger charge is -2.15. The molecule has 4 nitrogen and oxygen atoms in total. The third-order valence-corrected chi connectivity index (χ3v) is 6.17. The number of fused-ring (bicyclic) bond motifs is 1. The summed E-state index contributed by atoms with van der Waals surface area (Å²) in [6, 6.07) is 15.0. The van der Waals surface area contributed by atoms with Gasteiger partial charge in [-0.15, -0.1) is 11.3 Å². The number of rotatable bonds is 3. The van der Waals surface area contributed by atoms with Gasteiger partial charge in [0, 0.05) is 36.5 Å². The molecule has 4 aromatic rings. The Kier molecular flexibility index (Phi) is 4.09. The standard InChI is InChI=1S/C22H21N4S/c1-25-10-4-5-18(15-25)16-6-8-20-19(13-16)24-22(27-20)17-7-9-21(23-14-17)26-11-2-3-12-26/h4-10,13-15H,2-3,11-12H2,1H3/q+1. The highest BCUT2D eigenvalue weighted by Crippen LogP contribution is 2.33. The Morgan fingerprint density at radius 2 is 1.85 bits per heavy atom. The van der Waals surface area contributed by atoms with Gasteiger partial charge >= 0.3 is 0 Å². The normalized spacial score (nSPS) is 14.2. The molecule has 1 aliphatic rings. The van der Waals surface area contributed by atoms with Gasteiger partial charge in [0.05, 0.1) is 10.2 Å². The second kappa shape index (κ2) is 6.74. The Hall–Kier alpha value is -2.79. The third kappa shape index (κ3) is 3.19. The maximum Gasteiger partial charge on any atom is 0.176 e. The fourth-order valence-electron chi connectivity index (χ4n) is 3.63. The number of aryl methyl sites for hydroxylation is 1. The Morgan fingerprint density at radius 1 is 1.00 bits per heavy atom. The molecule has 0 spiro atoms. The van der Waals surface area contributed by atoms with Crippen molar-refractivity contribution in [3.63, 3.8) is 0 Å². The Balaban J connectivity index is 1.47. The first-order valence-corrected chi connectivity index (χ1v) is 10.2. The predicted octanol–water partition coefficient (Wildman–Crippen LogP) is 4.45. The van der Waals surface area contributed by atoms with Crippen molar-refractivity contribution in [3.8, 4) is 21.7 Å². The second-order valence-corrected chi connectivity index (χ2v) is 8.09. The minimum absolute atomic E-state index is 1.03. The van der Waals surface area contributed by atoms with Crippen molar-refractivity contribution < 1.29 is 4.57 Å². The molecule has 0 N–H and O–H groups in total. The molecule has 1 aromatic carbocycles. The van der Waals surface area contributed by atoms with Gasteiger partial charge in [-0.05, 0) is 48.7 Å². The number of aromatic nitrogens is 3. The number of hydrogen-bond donors (Lipinski definition) is 0. The van der Waals surface area contributed by atoms with Crippen molar-refractivity contribution in [3.05, 3.63) is 61.1 Å². The Labute approximate surface area is 162 Å². The van der Waals surface area contributed by atoms with Crippen molar-refractivity contribution in [2.75, 3.05) is 18.0 Å². The summed E-state index contributed by atoms with van der Waals surface area (Å²) in [7, 11) is 2.04. The molecule has 0 bridgehead atoms. The van der Waals surface area contributed by atoms with Gasteiger partial charge in [0.1, 0.15) is 17.9 Å². The molecule has 4 heterocycles. The monoisotopic (exact) mass is 373 g/mol. The van der Waals surface area contributed by atoms with Crippen LogP contribution in [-0.2, 0) is 7.05 Å². The Morgan fingerprint density at radius 3 is 2.63 bits per heavy atom. The molecule has 1 aliphatic heterocycles. The lowest BCUT2D eigenvalue weighted by molar-refractivity contribution is -0.671. The quantitative estimate of drug-likeness (QED) is 0.498. The number of nitrogens with zero attached hydrogens (tertiary/aromatic N) is 4. The van der Waals surface area contributed by atoms with E-state index in [-0.39, 0.29) is 0 Å². The van der Waals surface area contributed by atoms with E-state index in [1.54, 1.807) is 11.3 Å². The van der Waals surface area contributed by atoms with Gasteiger partial charge in [0.25, 0.3) is 0 Å². The van der Waals surface area contributed by atoms with Crippen LogP contribution in [0.15, 0.2) is 61.1 Å². The van der Waals surface area contributed by atoms with Crippen LogP contribution in [0.5, 0.6) is 0 Å². The van der Waals surface area contributed by atoms with Gasteiger partial charge in [-0.3, -0.25) is 0 Å². The van der Waals surface area contributed by atoms with Crippen LogP contribution >= 0.6 is 11.3 Å². The fraction of sp³-hybridized carbons (Fsp3) is 0.227. The molecule has 5 rings (SSSR count). The fourth-order valence-corrected chi connectivity index (χ4v) is 4.57. The van der Waals surface area contributed by atoms with E-state index in [1.165, 1.54) is 28.7 Å². The van der Waals surface area contributed by atoms with E-state index in [0.29, 0.717) is 0 Å². The van der Waals surface area contributed by atoms with E-state index in [9.17, 15) is 0 Å². The lowest BCUT2D eigenvalue weighted by Crippen LogP contribution is -2.26. The van der Waals surface area contributed by atoms with Crippen LogP contribution in [-0.4, -0.2) is 23.1 Å².